The van der Waals surface area contributed by atoms with Gasteiger partial charge in [0, 0.05) is 38.4 Å². The Morgan fingerprint density at radius 2 is 1.79 bits per heavy atom. The molecule has 0 bridgehead atoms. The summed E-state index contributed by atoms with van der Waals surface area (Å²) in [5.74, 6) is 0.332. The van der Waals surface area contributed by atoms with Crippen molar-refractivity contribution < 1.29 is 19.1 Å². The Kier molecular flexibility index (Phi) is 7.85. The Balaban J connectivity index is 1.32. The minimum absolute atomic E-state index is 0.0766. The van der Waals surface area contributed by atoms with Crippen LogP contribution >= 0.6 is 11.8 Å². The van der Waals surface area contributed by atoms with Crippen molar-refractivity contribution in [2.75, 3.05) is 40.4 Å². The highest BCUT2D eigenvalue weighted by molar-refractivity contribution is 8.16. The zero-order valence-electron chi connectivity index (χ0n) is 21.9. The van der Waals surface area contributed by atoms with E-state index in [1.807, 2.05) is 52.5 Å². The molecule has 3 aliphatic heterocycles. The van der Waals surface area contributed by atoms with E-state index in [-0.39, 0.29) is 12.3 Å². The fraction of sp³-hybridized carbons (Fsp3) is 0.345. The number of thioether (sulfide) groups is 1. The van der Waals surface area contributed by atoms with Crippen molar-refractivity contribution in [2.45, 2.75) is 25.9 Å². The number of amidine groups is 1. The monoisotopic (exact) mass is 532 g/mol. The van der Waals surface area contributed by atoms with Gasteiger partial charge in [-0.3, -0.25) is 9.69 Å². The number of allylic oxidation sites excluding steroid dienone is 1. The molecule has 198 valence electrons. The SMILES string of the molecule is COC(=O)C1=C(C)N=C2SC=C(CC(=O)N3CCN(Cc4ccccc4)CC3)N2[C@H]1c1cccc(OC)c1. The molecule has 1 saturated heterocycles. The van der Waals surface area contributed by atoms with Gasteiger partial charge in [-0.15, -0.1) is 0 Å². The number of aliphatic imine (C=N–C) groups is 1. The molecule has 3 heterocycles. The number of amides is 1. The van der Waals surface area contributed by atoms with Crippen LogP contribution in [0.25, 0.3) is 0 Å². The first-order valence-electron chi connectivity index (χ1n) is 12.7. The quantitative estimate of drug-likeness (QED) is 0.496. The maximum Gasteiger partial charge on any atom is 0.338 e. The van der Waals surface area contributed by atoms with Crippen molar-refractivity contribution in [3.63, 3.8) is 0 Å². The summed E-state index contributed by atoms with van der Waals surface area (Å²) >= 11 is 1.48. The summed E-state index contributed by atoms with van der Waals surface area (Å²) in [7, 11) is 2.99. The zero-order valence-corrected chi connectivity index (χ0v) is 22.7. The van der Waals surface area contributed by atoms with Crippen molar-refractivity contribution >= 4 is 28.8 Å². The van der Waals surface area contributed by atoms with E-state index in [4.69, 9.17) is 14.5 Å². The van der Waals surface area contributed by atoms with Crippen LogP contribution in [0.5, 0.6) is 5.75 Å². The van der Waals surface area contributed by atoms with Gasteiger partial charge in [-0.1, -0.05) is 54.2 Å². The number of hydrogen-bond acceptors (Lipinski definition) is 8. The molecule has 1 atom stereocenters. The first-order chi connectivity index (χ1) is 18.5. The molecule has 1 fully saturated rings. The van der Waals surface area contributed by atoms with Crippen molar-refractivity contribution in [3.05, 3.63) is 88.1 Å². The Bertz CT molecular complexity index is 1300. The van der Waals surface area contributed by atoms with E-state index < -0.39 is 12.0 Å². The van der Waals surface area contributed by atoms with Gasteiger partial charge in [0.05, 0.1) is 38.0 Å². The fourth-order valence-corrected chi connectivity index (χ4v) is 6.10. The average Bonchev–Trinajstić information content (AvgIpc) is 3.34. The van der Waals surface area contributed by atoms with E-state index in [0.717, 1.165) is 36.1 Å². The molecule has 1 amide bonds. The summed E-state index contributed by atoms with van der Waals surface area (Å²) in [6.45, 7) is 5.78. The minimum atomic E-state index is -0.471. The van der Waals surface area contributed by atoms with Gasteiger partial charge in [0.1, 0.15) is 5.75 Å². The Morgan fingerprint density at radius 1 is 1.03 bits per heavy atom. The number of piperazine rings is 1. The molecule has 0 unspecified atom stereocenters. The molecule has 0 N–H and O–H groups in total. The van der Waals surface area contributed by atoms with Gasteiger partial charge in [-0.2, -0.15) is 0 Å². The summed E-state index contributed by atoms with van der Waals surface area (Å²) in [5, 5.41) is 2.72. The second kappa shape index (κ2) is 11.4. The molecular formula is C29H32N4O4S. The van der Waals surface area contributed by atoms with Crippen molar-refractivity contribution in [1.29, 1.82) is 0 Å². The predicted molar refractivity (Wildman–Crippen MR) is 148 cm³/mol. The summed E-state index contributed by atoms with van der Waals surface area (Å²) in [6.07, 6.45) is 0.235. The average molecular weight is 533 g/mol. The smallest absolute Gasteiger partial charge is 0.338 e. The van der Waals surface area contributed by atoms with E-state index in [2.05, 4.69) is 29.2 Å². The lowest BCUT2D eigenvalue weighted by molar-refractivity contribution is -0.136. The third-order valence-electron chi connectivity index (χ3n) is 7.12. The Morgan fingerprint density at radius 3 is 2.50 bits per heavy atom. The van der Waals surface area contributed by atoms with Crippen LogP contribution in [-0.2, 0) is 20.9 Å². The first-order valence-corrected chi connectivity index (χ1v) is 13.6. The number of rotatable bonds is 7. The molecule has 0 aromatic heterocycles. The molecule has 0 spiro atoms. The van der Waals surface area contributed by atoms with Gasteiger partial charge in [-0.25, -0.2) is 9.79 Å². The molecule has 8 nitrogen and oxygen atoms in total. The molecule has 2 aromatic carbocycles. The van der Waals surface area contributed by atoms with E-state index in [9.17, 15) is 9.59 Å². The van der Waals surface area contributed by atoms with Crippen LogP contribution in [0, 0.1) is 0 Å². The fourth-order valence-electron chi connectivity index (χ4n) is 5.13. The number of carbonyl (C=O) groups excluding carboxylic acids is 2. The van der Waals surface area contributed by atoms with Crippen molar-refractivity contribution in [1.82, 2.24) is 14.7 Å². The number of nitrogens with zero attached hydrogens (tertiary/aromatic N) is 4. The molecule has 9 heteroatoms. The number of fused-ring (bicyclic) bond motifs is 1. The summed E-state index contributed by atoms with van der Waals surface area (Å²) in [4.78, 5) is 37.4. The standard InChI is InChI=1S/C29H32N4O4S/c1-20-26(28(35)37-3)27(22-10-7-11-24(16-22)36-2)33-23(19-38-29(33)30-20)17-25(34)32-14-12-31(13-15-32)18-21-8-5-4-6-9-21/h4-11,16,19,27H,12-15,17-18H2,1-3H3/t27-/m0/s1. The number of methoxy groups -OCH3 is 2. The van der Waals surface area contributed by atoms with Crippen molar-refractivity contribution in [3.8, 4) is 5.75 Å². The normalized spacial score (nSPS) is 19.6. The number of ether oxygens (including phenoxy) is 2. The molecule has 2 aromatic rings. The zero-order chi connectivity index (χ0) is 26.6. The molecule has 0 saturated carbocycles. The highest BCUT2D eigenvalue weighted by Crippen LogP contribution is 2.45. The van der Waals surface area contributed by atoms with Crippen LogP contribution in [0.4, 0.5) is 0 Å². The second-order valence-electron chi connectivity index (χ2n) is 9.48. The minimum Gasteiger partial charge on any atom is -0.497 e. The van der Waals surface area contributed by atoms with Crippen LogP contribution < -0.4 is 4.74 Å². The third-order valence-corrected chi connectivity index (χ3v) is 8.01. The number of hydrogen-bond donors (Lipinski definition) is 0. The van der Waals surface area contributed by atoms with Crippen molar-refractivity contribution in [2.24, 2.45) is 4.99 Å². The predicted octanol–water partition coefficient (Wildman–Crippen LogP) is 4.18. The van der Waals surface area contributed by atoms with Gasteiger partial charge in [0.2, 0.25) is 5.91 Å². The molecule has 0 radical (unpaired) electrons. The molecule has 0 aliphatic carbocycles. The van der Waals surface area contributed by atoms with Gasteiger partial charge in [0.15, 0.2) is 5.17 Å². The summed E-state index contributed by atoms with van der Waals surface area (Å²) in [5.41, 5.74) is 4.04. The topological polar surface area (TPSA) is 74.7 Å². The maximum absolute atomic E-state index is 13.4. The molecule has 3 aliphatic rings. The molecular weight excluding hydrogens is 500 g/mol. The van der Waals surface area contributed by atoms with Gasteiger partial charge in [0.25, 0.3) is 0 Å². The third kappa shape index (κ3) is 5.35. The highest BCUT2D eigenvalue weighted by Gasteiger charge is 2.41. The first kappa shape index (κ1) is 26.1. The van der Waals surface area contributed by atoms with Crippen LogP contribution in [-0.4, -0.2) is 72.1 Å². The van der Waals surface area contributed by atoms with E-state index in [0.29, 0.717) is 30.1 Å². The Hall–Kier alpha value is -3.56. The summed E-state index contributed by atoms with van der Waals surface area (Å²) < 4.78 is 10.6. The molecule has 5 rings (SSSR count). The van der Waals surface area contributed by atoms with Crippen LogP contribution in [0.15, 0.2) is 82.0 Å². The summed E-state index contributed by atoms with van der Waals surface area (Å²) in [6, 6.07) is 17.6. The number of benzene rings is 2. The number of carbonyl (C=O) groups is 2. The van der Waals surface area contributed by atoms with Gasteiger partial charge >= 0.3 is 5.97 Å². The second-order valence-corrected chi connectivity index (χ2v) is 10.3. The van der Waals surface area contributed by atoms with Gasteiger partial charge < -0.3 is 19.3 Å². The largest absolute Gasteiger partial charge is 0.497 e. The van der Waals surface area contributed by atoms with E-state index >= 15 is 0 Å². The van der Waals surface area contributed by atoms with E-state index in [1.54, 1.807) is 7.11 Å². The Labute approximate surface area is 227 Å². The highest BCUT2D eigenvalue weighted by atomic mass is 32.2. The lowest BCUT2D eigenvalue weighted by Crippen LogP contribution is -2.48. The van der Waals surface area contributed by atoms with Crippen LogP contribution in [0.3, 0.4) is 0 Å². The van der Waals surface area contributed by atoms with Crippen LogP contribution in [0.1, 0.15) is 30.5 Å². The number of esters is 1. The lowest BCUT2D eigenvalue weighted by Gasteiger charge is -2.38. The van der Waals surface area contributed by atoms with Crippen LogP contribution in [0.2, 0.25) is 0 Å². The van der Waals surface area contributed by atoms with E-state index in [1.165, 1.54) is 24.4 Å². The molecule has 38 heavy (non-hydrogen) atoms. The maximum atomic E-state index is 13.4. The lowest BCUT2D eigenvalue weighted by atomic mass is 9.93. The van der Waals surface area contributed by atoms with Gasteiger partial charge in [-0.05, 0) is 35.6 Å².